The van der Waals surface area contributed by atoms with Gasteiger partial charge in [-0.05, 0) is 54.7 Å². The largest absolute Gasteiger partial charge is 0.632 e. The summed E-state index contributed by atoms with van der Waals surface area (Å²) in [5.41, 5.74) is 7.10. The predicted octanol–water partition coefficient (Wildman–Crippen LogP) is 5.25. The van der Waals surface area contributed by atoms with E-state index in [2.05, 4.69) is 54.6 Å². The first-order valence-corrected chi connectivity index (χ1v) is 9.39. The summed E-state index contributed by atoms with van der Waals surface area (Å²) < 4.78 is 5.80. The molecule has 0 bridgehead atoms. The van der Waals surface area contributed by atoms with Crippen molar-refractivity contribution >= 4 is 5.69 Å². The second-order valence-corrected chi connectivity index (χ2v) is 7.20. The molecule has 1 fully saturated rings. The number of hydrogen-bond acceptors (Lipinski definition) is 3. The maximum atomic E-state index is 5.80. The van der Waals surface area contributed by atoms with Crippen molar-refractivity contribution in [1.29, 1.82) is 0 Å². The topological polar surface area (TPSA) is 61.4 Å². The number of nitrogens with zero attached hydrogens (tertiary/aromatic N) is 1. The zero-order valence-electron chi connectivity index (χ0n) is 16.6. The maximum absolute atomic E-state index is 5.80. The summed E-state index contributed by atoms with van der Waals surface area (Å²) in [6, 6.07) is 8.07. The molecule has 1 atom stereocenters. The van der Waals surface area contributed by atoms with Gasteiger partial charge in [0, 0.05) is 26.8 Å². The molecular formula is C22H32N3OPt-. The van der Waals surface area contributed by atoms with E-state index in [1.54, 1.807) is 0 Å². The van der Waals surface area contributed by atoms with Gasteiger partial charge >= 0.3 is 0 Å². The van der Waals surface area contributed by atoms with E-state index in [1.165, 1.54) is 16.7 Å². The summed E-state index contributed by atoms with van der Waals surface area (Å²) in [7, 11) is 0. The van der Waals surface area contributed by atoms with Crippen LogP contribution in [0.25, 0.3) is 5.32 Å². The second-order valence-electron chi connectivity index (χ2n) is 7.20. The van der Waals surface area contributed by atoms with Crippen molar-refractivity contribution in [3.05, 3.63) is 71.1 Å². The Morgan fingerprint density at radius 2 is 2.00 bits per heavy atom. The Hall–Kier alpha value is -1.19. The van der Waals surface area contributed by atoms with E-state index in [4.69, 9.17) is 10.6 Å². The number of nitrogens with two attached hydrogens (primary N) is 1. The predicted molar refractivity (Wildman–Crippen MR) is 111 cm³/mol. The number of benzene rings is 1. The summed E-state index contributed by atoms with van der Waals surface area (Å²) in [5, 5.41) is 4.43. The Labute approximate surface area is 178 Å². The molecule has 1 aliphatic heterocycles. The summed E-state index contributed by atoms with van der Waals surface area (Å²) in [6.07, 6.45) is 11.2. The minimum absolute atomic E-state index is 0. The average molecular weight is 550 g/mol. The Morgan fingerprint density at radius 3 is 2.48 bits per heavy atom. The summed E-state index contributed by atoms with van der Waals surface area (Å²) in [5.74, 6) is 5.26. The van der Waals surface area contributed by atoms with Crippen LogP contribution in [0.3, 0.4) is 0 Å². The summed E-state index contributed by atoms with van der Waals surface area (Å²) in [4.78, 5) is 0. The fourth-order valence-corrected chi connectivity index (χ4v) is 2.90. The third kappa shape index (κ3) is 8.14. The quantitative estimate of drug-likeness (QED) is 0.300. The monoisotopic (exact) mass is 549 g/mol. The van der Waals surface area contributed by atoms with Gasteiger partial charge in [0.15, 0.2) is 0 Å². The molecule has 0 amide bonds. The molecule has 2 aliphatic rings. The van der Waals surface area contributed by atoms with E-state index >= 15 is 0 Å². The van der Waals surface area contributed by atoms with Crippen molar-refractivity contribution in [3.63, 3.8) is 0 Å². The van der Waals surface area contributed by atoms with E-state index in [0.29, 0.717) is 0 Å². The molecule has 1 aromatic carbocycles. The van der Waals surface area contributed by atoms with Crippen molar-refractivity contribution in [2.24, 2.45) is 5.84 Å². The van der Waals surface area contributed by atoms with Crippen LogP contribution in [0.2, 0.25) is 0 Å². The number of nitrogens with one attached hydrogen (secondary N) is 1. The fourth-order valence-electron chi connectivity index (χ4n) is 2.90. The first-order valence-electron chi connectivity index (χ1n) is 9.39. The number of anilines is 1. The first kappa shape index (κ1) is 23.8. The molecule has 0 saturated carbocycles. The Kier molecular flexibility index (Phi) is 10.3. The van der Waals surface area contributed by atoms with Gasteiger partial charge in [0.2, 0.25) is 0 Å². The minimum Gasteiger partial charge on any atom is -0.632 e. The number of nitrogen functional groups attached to an aromatic ring is 1. The van der Waals surface area contributed by atoms with Crippen LogP contribution in [-0.2, 0) is 32.2 Å². The van der Waals surface area contributed by atoms with Crippen molar-refractivity contribution in [2.45, 2.75) is 58.3 Å². The minimum atomic E-state index is -0.281. The second kappa shape index (κ2) is 11.6. The number of hydrogen-bond donors (Lipinski definition) is 2. The van der Waals surface area contributed by atoms with E-state index in [9.17, 15) is 0 Å². The van der Waals surface area contributed by atoms with Gasteiger partial charge in [0.25, 0.3) is 0 Å². The van der Waals surface area contributed by atoms with Gasteiger partial charge in [-0.1, -0.05) is 63.3 Å². The van der Waals surface area contributed by atoms with Crippen molar-refractivity contribution < 1.29 is 25.8 Å². The van der Waals surface area contributed by atoms with E-state index in [1.807, 2.05) is 26.0 Å². The third-order valence-corrected chi connectivity index (χ3v) is 4.54. The Balaban J connectivity index is 0.000000260. The average Bonchev–Trinajstić information content (AvgIpc) is 3.03. The van der Waals surface area contributed by atoms with E-state index in [-0.39, 0.29) is 32.9 Å². The van der Waals surface area contributed by atoms with Crippen LogP contribution in [0, 0.1) is 0 Å². The number of ether oxygens (including phenoxy) is 1. The fraction of sp³-hybridized carbons (Fsp3) is 0.455. The van der Waals surface area contributed by atoms with Gasteiger partial charge < -0.3 is 15.5 Å². The molecule has 1 aromatic rings. The normalized spacial score (nSPS) is 20.0. The smallest absolute Gasteiger partial charge is 0.0618 e. The first-order chi connectivity index (χ1) is 12.4. The van der Waals surface area contributed by atoms with Crippen molar-refractivity contribution in [2.75, 3.05) is 12.0 Å². The van der Waals surface area contributed by atoms with Crippen LogP contribution in [-0.4, -0.2) is 18.4 Å². The van der Waals surface area contributed by atoms with Crippen LogP contribution in [0.4, 0.5) is 5.69 Å². The standard InChI is InChI=1S/C11H16N2.C11H16NO.Pt/c1-3-9(2)8-10-4-6-11(13-12)7-5-10;1-11(2)12-8-10(13-11)9-6-4-3-5-7-9;/h4-7,13H,2-3,8,12H2,1H3;4,6-7,10H,3,5,8H2,1-2H3;/q;-1;. The van der Waals surface area contributed by atoms with Crippen LogP contribution >= 0.6 is 0 Å². The van der Waals surface area contributed by atoms with Crippen molar-refractivity contribution in [3.8, 4) is 0 Å². The van der Waals surface area contributed by atoms with Gasteiger partial charge in [-0.3, -0.25) is 5.84 Å². The maximum Gasteiger partial charge on any atom is 0.0618 e. The van der Waals surface area contributed by atoms with Crippen LogP contribution in [0.15, 0.2) is 60.2 Å². The summed E-state index contributed by atoms with van der Waals surface area (Å²) >= 11 is 0. The van der Waals surface area contributed by atoms with Crippen LogP contribution in [0.1, 0.15) is 45.6 Å². The van der Waals surface area contributed by atoms with Gasteiger partial charge in [-0.2, -0.15) is 0 Å². The Bertz CT molecular complexity index is 650. The molecule has 1 saturated heterocycles. The molecule has 152 valence electrons. The van der Waals surface area contributed by atoms with Gasteiger partial charge in [0.1, 0.15) is 0 Å². The molecule has 0 aromatic heterocycles. The van der Waals surface area contributed by atoms with E-state index in [0.717, 1.165) is 37.9 Å². The molecule has 1 aliphatic carbocycles. The van der Waals surface area contributed by atoms with Crippen LogP contribution < -0.4 is 11.3 Å². The van der Waals surface area contributed by atoms with Gasteiger partial charge in [-0.15, -0.1) is 6.54 Å². The molecule has 3 rings (SSSR count). The SMILES string of the molecule is C=C(CC)Cc1ccc(NN)cc1.CC1(C)[N-]CC(C2=CCCC=C2)O1.[Pt]. The third-order valence-electron chi connectivity index (χ3n) is 4.54. The molecule has 27 heavy (non-hydrogen) atoms. The van der Waals surface area contributed by atoms with E-state index < -0.39 is 0 Å². The number of hydrazine groups is 1. The number of rotatable bonds is 5. The molecule has 3 N–H and O–H groups in total. The zero-order valence-corrected chi connectivity index (χ0v) is 18.9. The molecule has 0 radical (unpaired) electrons. The van der Waals surface area contributed by atoms with Gasteiger partial charge in [0.05, 0.1) is 6.10 Å². The number of allylic oxidation sites excluding steroid dienone is 3. The summed E-state index contributed by atoms with van der Waals surface area (Å²) in [6.45, 7) is 10.9. The molecule has 5 heteroatoms. The van der Waals surface area contributed by atoms with Crippen LogP contribution in [0.5, 0.6) is 0 Å². The molecule has 0 spiro atoms. The molecular weight excluding hydrogens is 517 g/mol. The molecule has 4 nitrogen and oxygen atoms in total. The zero-order chi connectivity index (χ0) is 19.0. The van der Waals surface area contributed by atoms with Crippen molar-refractivity contribution in [1.82, 2.24) is 0 Å². The Morgan fingerprint density at radius 1 is 1.30 bits per heavy atom. The molecule has 1 unspecified atom stereocenters. The van der Waals surface area contributed by atoms with Gasteiger partial charge in [-0.25, -0.2) is 0 Å². The molecule has 1 heterocycles.